The zero-order chi connectivity index (χ0) is 21.3. The van der Waals surface area contributed by atoms with Crippen LogP contribution in [0.15, 0.2) is 41.4 Å². The molecule has 30 heavy (non-hydrogen) atoms. The van der Waals surface area contributed by atoms with Gasteiger partial charge in [-0.1, -0.05) is 12.1 Å². The summed E-state index contributed by atoms with van der Waals surface area (Å²) in [5, 5.41) is 0.596. The molecule has 1 aliphatic rings. The Morgan fingerprint density at radius 2 is 1.90 bits per heavy atom. The van der Waals surface area contributed by atoms with E-state index in [1.807, 2.05) is 35.7 Å². The highest BCUT2D eigenvalue weighted by Gasteiger charge is 2.23. The number of pyridine rings is 1. The van der Waals surface area contributed by atoms with Gasteiger partial charge in [-0.25, -0.2) is 9.78 Å². The Morgan fingerprint density at radius 3 is 2.57 bits per heavy atom. The number of thiophene rings is 1. The lowest BCUT2D eigenvalue weighted by Crippen LogP contribution is -2.10. The Hall–Kier alpha value is -1.75. The summed E-state index contributed by atoms with van der Waals surface area (Å²) in [4.78, 5) is 17.3. The van der Waals surface area contributed by atoms with Crippen LogP contribution in [0.4, 0.5) is 0 Å². The van der Waals surface area contributed by atoms with E-state index in [1.165, 1.54) is 23.6 Å². The van der Waals surface area contributed by atoms with Gasteiger partial charge in [-0.3, -0.25) is 0 Å². The predicted molar refractivity (Wildman–Crippen MR) is 122 cm³/mol. The van der Waals surface area contributed by atoms with Gasteiger partial charge in [0.05, 0.1) is 17.4 Å². The van der Waals surface area contributed by atoms with Crippen molar-refractivity contribution in [3.05, 3.63) is 52.5 Å². The lowest BCUT2D eigenvalue weighted by molar-refractivity contribution is 0.0531. The van der Waals surface area contributed by atoms with E-state index in [2.05, 4.69) is 4.98 Å². The summed E-state index contributed by atoms with van der Waals surface area (Å²) in [7, 11) is -4.06. The van der Waals surface area contributed by atoms with Crippen molar-refractivity contribution < 1.29 is 22.1 Å². The van der Waals surface area contributed by atoms with Crippen LogP contribution in [0.5, 0.6) is 5.75 Å². The molecule has 0 unspecified atom stereocenters. The topological polar surface area (TPSA) is 82.6 Å². The number of hydrogen-bond donors (Lipinski definition) is 0. The molecule has 4 rings (SSSR count). The zero-order valence-corrected chi connectivity index (χ0v) is 19.6. The number of ether oxygens (including phenoxy) is 1. The average Bonchev–Trinajstić information content (AvgIpc) is 3.37. The molecule has 2 aromatic heterocycles. The molecule has 0 saturated carbocycles. The quantitative estimate of drug-likeness (QED) is 0.358. The molecule has 0 N–H and O–H groups in total. The molecule has 1 fully saturated rings. The fourth-order valence-electron chi connectivity index (χ4n) is 3.01. The fourth-order valence-corrected chi connectivity index (χ4v) is 7.80. The van der Waals surface area contributed by atoms with Crippen LogP contribution in [0.1, 0.15) is 32.3 Å². The summed E-state index contributed by atoms with van der Waals surface area (Å²) < 4.78 is 36.3. The molecule has 3 aromatic rings. The molecule has 0 atom stereocenters. The molecule has 1 aliphatic heterocycles. The molecule has 3 heterocycles. The molecule has 0 amide bonds. The molecule has 0 spiro atoms. The van der Waals surface area contributed by atoms with Crippen LogP contribution in [0, 0.1) is 6.92 Å². The van der Waals surface area contributed by atoms with Gasteiger partial charge in [0.2, 0.25) is 0 Å². The summed E-state index contributed by atoms with van der Waals surface area (Å²) >= 11 is 4.95. The number of aryl methyl sites for hydroxylation is 1. The summed E-state index contributed by atoms with van der Waals surface area (Å²) in [6.07, 6.45) is 1.25. The summed E-state index contributed by atoms with van der Waals surface area (Å²) in [5.74, 6) is 2.06. The van der Waals surface area contributed by atoms with E-state index in [4.69, 9.17) is 8.92 Å². The maximum atomic E-state index is 12.8. The van der Waals surface area contributed by atoms with Gasteiger partial charge in [-0.2, -0.15) is 8.42 Å². The molecular weight excluding hydrogens is 462 g/mol. The summed E-state index contributed by atoms with van der Waals surface area (Å²) in [6.45, 7) is 3.75. The van der Waals surface area contributed by atoms with E-state index in [0.717, 1.165) is 17.1 Å². The van der Waals surface area contributed by atoms with E-state index in [0.29, 0.717) is 25.2 Å². The van der Waals surface area contributed by atoms with Crippen molar-refractivity contribution in [1.82, 2.24) is 4.98 Å². The number of rotatable bonds is 6. The number of esters is 1. The minimum Gasteiger partial charge on any atom is -0.462 e. The maximum Gasteiger partial charge on any atom is 0.348 e. The third kappa shape index (κ3) is 4.32. The van der Waals surface area contributed by atoms with Crippen LogP contribution in [0.25, 0.3) is 10.2 Å². The van der Waals surface area contributed by atoms with Crippen LogP contribution >= 0.6 is 34.9 Å². The maximum absolute atomic E-state index is 12.8. The molecule has 6 nitrogen and oxygen atoms in total. The van der Waals surface area contributed by atoms with E-state index in [-0.39, 0.29) is 17.3 Å². The van der Waals surface area contributed by atoms with Gasteiger partial charge in [-0.15, -0.1) is 34.9 Å². The normalized spacial score (nSPS) is 14.9. The second kappa shape index (κ2) is 8.78. The van der Waals surface area contributed by atoms with E-state index in [9.17, 15) is 13.2 Å². The zero-order valence-electron chi connectivity index (χ0n) is 16.3. The van der Waals surface area contributed by atoms with Crippen molar-refractivity contribution in [3.63, 3.8) is 0 Å². The second-order valence-electron chi connectivity index (χ2n) is 6.48. The number of nitrogens with zero attached hydrogens (tertiary/aromatic N) is 1. The molecule has 1 aromatic carbocycles. The average molecular weight is 482 g/mol. The Kier molecular flexibility index (Phi) is 6.29. The Balaban J connectivity index is 1.59. The first kappa shape index (κ1) is 21.5. The number of benzene rings is 1. The van der Waals surface area contributed by atoms with Crippen LogP contribution in [0.2, 0.25) is 0 Å². The van der Waals surface area contributed by atoms with Crippen molar-refractivity contribution in [2.45, 2.75) is 23.3 Å². The number of fused-ring (bicyclic) bond motifs is 1. The highest BCUT2D eigenvalue weighted by molar-refractivity contribution is 8.19. The predicted octanol–water partition coefficient (Wildman–Crippen LogP) is 5.03. The van der Waals surface area contributed by atoms with Crippen LogP contribution in [0.3, 0.4) is 0 Å². The third-order valence-corrected chi connectivity index (χ3v) is 10.0. The lowest BCUT2D eigenvalue weighted by atomic mass is 10.2. The van der Waals surface area contributed by atoms with Crippen molar-refractivity contribution in [2.75, 3.05) is 18.1 Å². The van der Waals surface area contributed by atoms with Gasteiger partial charge in [0.1, 0.15) is 20.4 Å². The summed E-state index contributed by atoms with van der Waals surface area (Å²) in [6, 6.07) is 8.64. The Bertz CT molecular complexity index is 1180. The van der Waals surface area contributed by atoms with Crippen LogP contribution in [-0.2, 0) is 14.9 Å². The third-order valence-electron chi connectivity index (χ3n) is 4.50. The van der Waals surface area contributed by atoms with Gasteiger partial charge in [0.15, 0.2) is 0 Å². The lowest BCUT2D eigenvalue weighted by Gasteiger charge is -2.10. The number of carbonyl (C=O) groups excluding carboxylic acids is 1. The van der Waals surface area contributed by atoms with Gasteiger partial charge in [-0.05, 0) is 43.2 Å². The molecule has 1 saturated heterocycles. The Morgan fingerprint density at radius 1 is 1.20 bits per heavy atom. The minimum atomic E-state index is -4.06. The van der Waals surface area contributed by atoms with Crippen molar-refractivity contribution in [1.29, 1.82) is 0 Å². The van der Waals surface area contributed by atoms with Gasteiger partial charge in [0, 0.05) is 16.9 Å². The first-order chi connectivity index (χ1) is 14.4. The number of thioether (sulfide) groups is 2. The molecule has 158 valence electrons. The van der Waals surface area contributed by atoms with Gasteiger partial charge < -0.3 is 8.92 Å². The molecule has 0 aliphatic carbocycles. The second-order valence-corrected chi connectivity index (χ2v) is 11.8. The standard InChI is InChI=1S/C20H19NO5S4/c1-3-25-19(22)17-12(2)16-10-15(11-21-18(16)29-17)30(23,24)26-14-6-4-13(5-7-14)20-27-8-9-28-20/h4-7,10-11,20H,3,8-9H2,1-2H3. The minimum absolute atomic E-state index is 0.0581. The van der Waals surface area contributed by atoms with Crippen molar-refractivity contribution >= 4 is 61.2 Å². The molecular formula is C20H19NO5S4. The van der Waals surface area contributed by atoms with Gasteiger partial charge >= 0.3 is 16.1 Å². The highest BCUT2D eigenvalue weighted by atomic mass is 32.2. The molecule has 10 heteroatoms. The van der Waals surface area contributed by atoms with Crippen LogP contribution < -0.4 is 4.18 Å². The number of carbonyl (C=O) groups is 1. The van der Waals surface area contributed by atoms with E-state index < -0.39 is 16.1 Å². The Labute approximate surface area is 187 Å². The van der Waals surface area contributed by atoms with E-state index in [1.54, 1.807) is 26.0 Å². The molecule has 0 bridgehead atoms. The number of aromatic nitrogens is 1. The number of hydrogen-bond acceptors (Lipinski definition) is 9. The SMILES string of the molecule is CCOC(=O)c1sc2ncc(S(=O)(=O)Oc3ccc(C4SCCS4)cc3)cc2c1C. The van der Waals surface area contributed by atoms with E-state index >= 15 is 0 Å². The highest BCUT2D eigenvalue weighted by Crippen LogP contribution is 2.45. The largest absolute Gasteiger partial charge is 0.462 e. The molecule has 0 radical (unpaired) electrons. The monoisotopic (exact) mass is 481 g/mol. The summed E-state index contributed by atoms with van der Waals surface area (Å²) in [5.41, 5.74) is 1.80. The smallest absolute Gasteiger partial charge is 0.348 e. The van der Waals surface area contributed by atoms with Crippen LogP contribution in [-0.4, -0.2) is 37.5 Å². The first-order valence-corrected chi connectivity index (χ1v) is 13.5. The first-order valence-electron chi connectivity index (χ1n) is 9.23. The van der Waals surface area contributed by atoms with Crippen molar-refractivity contribution in [3.8, 4) is 5.75 Å². The fraction of sp³-hybridized carbons (Fsp3) is 0.300. The van der Waals surface area contributed by atoms with Gasteiger partial charge in [0.25, 0.3) is 0 Å². The van der Waals surface area contributed by atoms with Crippen molar-refractivity contribution in [2.24, 2.45) is 0 Å².